The van der Waals surface area contributed by atoms with E-state index in [4.69, 9.17) is 4.74 Å². The molecule has 20 heavy (non-hydrogen) atoms. The second-order valence-electron chi connectivity index (χ2n) is 5.80. The summed E-state index contributed by atoms with van der Waals surface area (Å²) in [6.07, 6.45) is 0. The molecule has 3 nitrogen and oxygen atoms in total. The van der Waals surface area contributed by atoms with E-state index in [0.717, 1.165) is 19.6 Å². The largest absolute Gasteiger partial charge is 0.380 e. The summed E-state index contributed by atoms with van der Waals surface area (Å²) in [6, 6.07) is 9.65. The van der Waals surface area contributed by atoms with Crippen molar-refractivity contribution in [1.82, 2.24) is 10.2 Å². The number of nitrogens with one attached hydrogen (secondary N) is 1. The molecule has 0 saturated carbocycles. The summed E-state index contributed by atoms with van der Waals surface area (Å²) >= 11 is 0. The Balaban J connectivity index is 2.41. The molecule has 0 aliphatic heterocycles. The highest BCUT2D eigenvalue weighted by Crippen LogP contribution is 2.09. The Bertz CT molecular complexity index is 369. The van der Waals surface area contributed by atoms with Crippen LogP contribution >= 0.6 is 0 Å². The molecule has 0 unspecified atom stereocenters. The van der Waals surface area contributed by atoms with E-state index in [-0.39, 0.29) is 0 Å². The fraction of sp³-hybridized carbons (Fsp3) is 0.647. The third kappa shape index (κ3) is 5.61. The van der Waals surface area contributed by atoms with Gasteiger partial charge in [0.25, 0.3) is 0 Å². The van der Waals surface area contributed by atoms with Gasteiger partial charge in [-0.2, -0.15) is 0 Å². The van der Waals surface area contributed by atoms with Gasteiger partial charge in [0.15, 0.2) is 0 Å². The Kier molecular flexibility index (Phi) is 7.82. The van der Waals surface area contributed by atoms with Gasteiger partial charge in [-0.05, 0) is 38.8 Å². The number of nitrogens with zero attached hydrogens (tertiary/aromatic N) is 1. The quantitative estimate of drug-likeness (QED) is 0.703. The molecule has 0 atom stereocenters. The molecule has 0 heterocycles. The molecule has 3 heteroatoms. The molecule has 0 aliphatic rings. The predicted molar refractivity (Wildman–Crippen MR) is 85.8 cm³/mol. The second kappa shape index (κ2) is 9.11. The van der Waals surface area contributed by atoms with Gasteiger partial charge in [0.2, 0.25) is 0 Å². The van der Waals surface area contributed by atoms with Crippen molar-refractivity contribution in [2.24, 2.45) is 0 Å². The van der Waals surface area contributed by atoms with Gasteiger partial charge in [0, 0.05) is 38.8 Å². The minimum atomic E-state index is 0.595. The minimum absolute atomic E-state index is 0.595. The summed E-state index contributed by atoms with van der Waals surface area (Å²) in [5.74, 6) is 0. The molecule has 114 valence electrons. The minimum Gasteiger partial charge on any atom is -0.380 e. The summed E-state index contributed by atoms with van der Waals surface area (Å²) < 4.78 is 5.24. The maximum absolute atomic E-state index is 5.24. The molecule has 1 aromatic rings. The fourth-order valence-corrected chi connectivity index (χ4v) is 2.57. The van der Waals surface area contributed by atoms with E-state index in [2.05, 4.69) is 62.2 Å². The first-order chi connectivity index (χ1) is 9.56. The van der Waals surface area contributed by atoms with Crippen LogP contribution in [0, 0.1) is 0 Å². The molecule has 1 N–H and O–H groups in total. The maximum atomic E-state index is 5.24. The lowest BCUT2D eigenvalue weighted by Gasteiger charge is -2.30. The van der Waals surface area contributed by atoms with E-state index in [1.807, 2.05) is 0 Å². The van der Waals surface area contributed by atoms with Crippen molar-refractivity contribution < 1.29 is 4.74 Å². The monoisotopic (exact) mass is 278 g/mol. The first-order valence-corrected chi connectivity index (χ1v) is 7.58. The van der Waals surface area contributed by atoms with E-state index >= 15 is 0 Å². The molecule has 0 saturated heterocycles. The van der Waals surface area contributed by atoms with Crippen molar-refractivity contribution >= 4 is 0 Å². The molecule has 0 aromatic heterocycles. The summed E-state index contributed by atoms with van der Waals surface area (Å²) in [5.41, 5.74) is 2.60. The average molecular weight is 278 g/mol. The first-order valence-electron chi connectivity index (χ1n) is 7.58. The average Bonchev–Trinajstić information content (AvgIpc) is 2.39. The van der Waals surface area contributed by atoms with Gasteiger partial charge >= 0.3 is 0 Å². The number of ether oxygens (including phenoxy) is 1. The third-order valence-electron chi connectivity index (χ3n) is 3.61. The SMILES string of the molecule is COCc1ccccc1CNCCN(C(C)C)C(C)C. The molecule has 1 rings (SSSR count). The van der Waals surface area contributed by atoms with Gasteiger partial charge in [-0.15, -0.1) is 0 Å². The third-order valence-corrected chi connectivity index (χ3v) is 3.61. The molecule has 0 fully saturated rings. The second-order valence-corrected chi connectivity index (χ2v) is 5.80. The number of benzene rings is 1. The molecule has 0 bridgehead atoms. The Morgan fingerprint density at radius 3 is 2.20 bits per heavy atom. The Morgan fingerprint density at radius 1 is 1.05 bits per heavy atom. The molecular weight excluding hydrogens is 248 g/mol. The lowest BCUT2D eigenvalue weighted by molar-refractivity contribution is 0.175. The standard InChI is InChI=1S/C17H30N2O/c1-14(2)19(15(3)4)11-10-18-12-16-8-6-7-9-17(16)13-20-5/h6-9,14-15,18H,10-13H2,1-5H3. The number of methoxy groups -OCH3 is 1. The molecule has 0 aliphatic carbocycles. The zero-order valence-corrected chi connectivity index (χ0v) is 13.6. The van der Waals surface area contributed by atoms with Gasteiger partial charge in [0.05, 0.1) is 6.61 Å². The highest BCUT2D eigenvalue weighted by Gasteiger charge is 2.12. The van der Waals surface area contributed by atoms with E-state index in [9.17, 15) is 0 Å². The summed E-state index contributed by atoms with van der Waals surface area (Å²) in [7, 11) is 1.74. The maximum Gasteiger partial charge on any atom is 0.0716 e. The lowest BCUT2D eigenvalue weighted by Crippen LogP contribution is -2.41. The van der Waals surface area contributed by atoms with Gasteiger partial charge in [0.1, 0.15) is 0 Å². The molecule has 0 amide bonds. The van der Waals surface area contributed by atoms with Crippen LogP contribution in [0.5, 0.6) is 0 Å². The van der Waals surface area contributed by atoms with Crippen molar-refractivity contribution in [3.8, 4) is 0 Å². The molecule has 0 spiro atoms. The van der Waals surface area contributed by atoms with Crippen molar-refractivity contribution in [3.63, 3.8) is 0 Å². The van der Waals surface area contributed by atoms with Crippen LogP contribution in [-0.2, 0) is 17.9 Å². The van der Waals surface area contributed by atoms with Gasteiger partial charge in [-0.25, -0.2) is 0 Å². The van der Waals surface area contributed by atoms with Crippen molar-refractivity contribution in [3.05, 3.63) is 35.4 Å². The van der Waals surface area contributed by atoms with Crippen LogP contribution in [0.25, 0.3) is 0 Å². The lowest BCUT2D eigenvalue weighted by atomic mass is 10.1. The van der Waals surface area contributed by atoms with Crippen LogP contribution in [0.3, 0.4) is 0 Å². The van der Waals surface area contributed by atoms with Gasteiger partial charge in [-0.1, -0.05) is 24.3 Å². The summed E-state index contributed by atoms with van der Waals surface area (Å²) in [5, 5.41) is 3.54. The Labute approximate surface area is 124 Å². The zero-order valence-electron chi connectivity index (χ0n) is 13.6. The van der Waals surface area contributed by atoms with Crippen LogP contribution in [0.15, 0.2) is 24.3 Å². The van der Waals surface area contributed by atoms with Crippen LogP contribution in [0.1, 0.15) is 38.8 Å². The summed E-state index contributed by atoms with van der Waals surface area (Å²) in [6.45, 7) is 12.7. The number of rotatable bonds is 9. The molecule has 0 radical (unpaired) electrons. The van der Waals surface area contributed by atoms with E-state index < -0.39 is 0 Å². The molecule has 1 aromatic carbocycles. The van der Waals surface area contributed by atoms with E-state index in [1.54, 1.807) is 7.11 Å². The number of hydrogen-bond donors (Lipinski definition) is 1. The molecular formula is C17H30N2O. The van der Waals surface area contributed by atoms with Crippen molar-refractivity contribution in [2.75, 3.05) is 20.2 Å². The van der Waals surface area contributed by atoms with E-state index in [1.165, 1.54) is 11.1 Å². The zero-order chi connectivity index (χ0) is 15.0. The number of hydrogen-bond acceptors (Lipinski definition) is 3. The highest BCUT2D eigenvalue weighted by molar-refractivity contribution is 5.26. The van der Waals surface area contributed by atoms with Crippen LogP contribution in [0.4, 0.5) is 0 Å². The van der Waals surface area contributed by atoms with Crippen LogP contribution < -0.4 is 5.32 Å². The predicted octanol–water partition coefficient (Wildman–Crippen LogP) is 3.04. The van der Waals surface area contributed by atoms with Crippen LogP contribution in [-0.4, -0.2) is 37.2 Å². The van der Waals surface area contributed by atoms with Crippen molar-refractivity contribution in [1.29, 1.82) is 0 Å². The summed E-state index contributed by atoms with van der Waals surface area (Å²) in [4.78, 5) is 2.51. The Hall–Kier alpha value is -0.900. The van der Waals surface area contributed by atoms with Gasteiger partial charge < -0.3 is 10.1 Å². The van der Waals surface area contributed by atoms with Crippen LogP contribution in [0.2, 0.25) is 0 Å². The van der Waals surface area contributed by atoms with E-state index in [0.29, 0.717) is 18.7 Å². The normalized spacial score (nSPS) is 11.8. The fourth-order valence-electron chi connectivity index (χ4n) is 2.57. The smallest absolute Gasteiger partial charge is 0.0716 e. The van der Waals surface area contributed by atoms with Crippen molar-refractivity contribution in [2.45, 2.75) is 52.9 Å². The highest BCUT2D eigenvalue weighted by atomic mass is 16.5. The first kappa shape index (κ1) is 17.2. The topological polar surface area (TPSA) is 24.5 Å². The Morgan fingerprint density at radius 2 is 1.65 bits per heavy atom. The van der Waals surface area contributed by atoms with Gasteiger partial charge in [-0.3, -0.25) is 4.90 Å².